The summed E-state index contributed by atoms with van der Waals surface area (Å²) < 4.78 is 5.47. The first-order valence-corrected chi connectivity index (χ1v) is 9.35. The van der Waals surface area contributed by atoms with Gasteiger partial charge in [0.15, 0.2) is 0 Å². The standard InChI is InChI=1S/C19H25ClN2O3/c1-14-4-5-15(13-16(14)20)6-7-18(23)21-8-10-22(11-9-21)19(24)17-3-2-12-25-17/h4-5,13,17H,2-3,6-12H2,1H3/t17-/m0/s1. The predicted octanol–water partition coefficient (Wildman–Crippen LogP) is 2.43. The summed E-state index contributed by atoms with van der Waals surface area (Å²) in [5.74, 6) is 0.222. The Hall–Kier alpha value is -1.59. The zero-order chi connectivity index (χ0) is 17.8. The summed E-state index contributed by atoms with van der Waals surface area (Å²) in [5.41, 5.74) is 2.12. The lowest BCUT2D eigenvalue weighted by atomic mass is 10.1. The van der Waals surface area contributed by atoms with Crippen LogP contribution in [0.25, 0.3) is 0 Å². The molecule has 2 aliphatic heterocycles. The van der Waals surface area contributed by atoms with Crippen LogP contribution < -0.4 is 0 Å². The molecule has 136 valence electrons. The summed E-state index contributed by atoms with van der Waals surface area (Å²) in [6.45, 7) is 5.05. The highest BCUT2D eigenvalue weighted by Gasteiger charge is 2.31. The number of hydrogen-bond acceptors (Lipinski definition) is 3. The van der Waals surface area contributed by atoms with Crippen LogP contribution in [0.15, 0.2) is 18.2 Å². The Kier molecular flexibility index (Phi) is 5.97. The van der Waals surface area contributed by atoms with Gasteiger partial charge in [0.05, 0.1) is 0 Å². The zero-order valence-corrected chi connectivity index (χ0v) is 15.4. The number of piperazine rings is 1. The van der Waals surface area contributed by atoms with Gasteiger partial charge in [-0.2, -0.15) is 0 Å². The number of halogens is 1. The number of benzene rings is 1. The number of rotatable bonds is 4. The molecule has 1 aromatic rings. The van der Waals surface area contributed by atoms with Crippen molar-refractivity contribution in [3.05, 3.63) is 34.3 Å². The van der Waals surface area contributed by atoms with Crippen molar-refractivity contribution >= 4 is 23.4 Å². The van der Waals surface area contributed by atoms with Gasteiger partial charge in [-0.15, -0.1) is 0 Å². The third kappa shape index (κ3) is 4.53. The minimum Gasteiger partial charge on any atom is -0.368 e. The molecular weight excluding hydrogens is 340 g/mol. The summed E-state index contributed by atoms with van der Waals surface area (Å²) in [6.07, 6.45) is 2.66. The molecule has 2 fully saturated rings. The average molecular weight is 365 g/mol. The van der Waals surface area contributed by atoms with Crippen LogP contribution >= 0.6 is 11.6 Å². The number of nitrogens with zero attached hydrogens (tertiary/aromatic N) is 2. The van der Waals surface area contributed by atoms with E-state index in [2.05, 4.69) is 0 Å². The van der Waals surface area contributed by atoms with Gasteiger partial charge in [0.25, 0.3) is 5.91 Å². The predicted molar refractivity (Wildman–Crippen MR) is 96.6 cm³/mol. The molecule has 0 aliphatic carbocycles. The van der Waals surface area contributed by atoms with Crippen LogP contribution in [-0.4, -0.2) is 60.5 Å². The molecule has 1 aromatic carbocycles. The summed E-state index contributed by atoms with van der Waals surface area (Å²) in [7, 11) is 0. The molecule has 0 saturated carbocycles. The first-order chi connectivity index (χ1) is 12.0. The molecule has 6 heteroatoms. The summed E-state index contributed by atoms with van der Waals surface area (Å²) in [6, 6.07) is 5.94. The molecule has 0 unspecified atom stereocenters. The van der Waals surface area contributed by atoms with Crippen molar-refractivity contribution in [1.29, 1.82) is 0 Å². The van der Waals surface area contributed by atoms with Crippen LogP contribution in [0.5, 0.6) is 0 Å². The van der Waals surface area contributed by atoms with E-state index in [1.54, 1.807) is 0 Å². The second-order valence-corrected chi connectivity index (χ2v) is 7.20. The van der Waals surface area contributed by atoms with Crippen LogP contribution in [0.1, 0.15) is 30.4 Å². The number of amides is 2. The van der Waals surface area contributed by atoms with Gasteiger partial charge < -0.3 is 14.5 Å². The molecule has 1 atom stereocenters. The quantitative estimate of drug-likeness (QED) is 0.824. The van der Waals surface area contributed by atoms with Crippen LogP contribution in [0.3, 0.4) is 0 Å². The van der Waals surface area contributed by atoms with Gasteiger partial charge in [-0.05, 0) is 43.4 Å². The molecule has 2 aliphatic rings. The van der Waals surface area contributed by atoms with Gasteiger partial charge >= 0.3 is 0 Å². The van der Waals surface area contributed by atoms with Gasteiger partial charge in [-0.25, -0.2) is 0 Å². The molecule has 0 aromatic heterocycles. The fourth-order valence-corrected chi connectivity index (χ4v) is 3.56. The Morgan fingerprint density at radius 3 is 2.56 bits per heavy atom. The number of carbonyl (C=O) groups excluding carboxylic acids is 2. The fraction of sp³-hybridized carbons (Fsp3) is 0.579. The summed E-state index contributed by atoms with van der Waals surface area (Å²) in [4.78, 5) is 28.4. The average Bonchev–Trinajstić information content (AvgIpc) is 3.16. The Balaban J connectivity index is 1.44. The number of ether oxygens (including phenoxy) is 1. The molecule has 0 bridgehead atoms. The van der Waals surface area contributed by atoms with Crippen molar-refractivity contribution < 1.29 is 14.3 Å². The lowest BCUT2D eigenvalue weighted by molar-refractivity contribution is -0.146. The van der Waals surface area contributed by atoms with Crippen LogP contribution in [-0.2, 0) is 20.7 Å². The Morgan fingerprint density at radius 2 is 1.92 bits per heavy atom. The third-order valence-corrected chi connectivity index (χ3v) is 5.42. The molecule has 5 nitrogen and oxygen atoms in total. The number of aryl methyl sites for hydroxylation is 2. The van der Waals surface area contributed by atoms with E-state index < -0.39 is 0 Å². The maximum Gasteiger partial charge on any atom is 0.251 e. The van der Waals surface area contributed by atoms with Crippen molar-refractivity contribution in [1.82, 2.24) is 9.80 Å². The van der Waals surface area contributed by atoms with Crippen LogP contribution in [0.4, 0.5) is 0 Å². The molecule has 0 radical (unpaired) electrons. The zero-order valence-electron chi connectivity index (χ0n) is 14.7. The Morgan fingerprint density at radius 1 is 1.20 bits per heavy atom. The molecule has 0 spiro atoms. The van der Waals surface area contributed by atoms with Gasteiger partial charge in [-0.3, -0.25) is 9.59 Å². The molecule has 25 heavy (non-hydrogen) atoms. The normalized spacial score (nSPS) is 20.8. The fourth-order valence-electron chi connectivity index (χ4n) is 3.35. The summed E-state index contributed by atoms with van der Waals surface area (Å²) >= 11 is 6.13. The van der Waals surface area contributed by atoms with Crippen molar-refractivity contribution in [3.63, 3.8) is 0 Å². The third-order valence-electron chi connectivity index (χ3n) is 5.01. The van der Waals surface area contributed by atoms with E-state index >= 15 is 0 Å². The van der Waals surface area contributed by atoms with E-state index in [9.17, 15) is 9.59 Å². The number of carbonyl (C=O) groups is 2. The minimum absolute atomic E-state index is 0.0823. The van der Waals surface area contributed by atoms with Gasteiger partial charge in [0.2, 0.25) is 5.91 Å². The highest BCUT2D eigenvalue weighted by molar-refractivity contribution is 6.31. The van der Waals surface area contributed by atoms with Crippen LogP contribution in [0.2, 0.25) is 5.02 Å². The van der Waals surface area contributed by atoms with Crippen LogP contribution in [0, 0.1) is 6.92 Å². The maximum atomic E-state index is 12.4. The molecule has 0 N–H and O–H groups in total. The molecule has 3 rings (SSSR count). The lowest BCUT2D eigenvalue weighted by Crippen LogP contribution is -2.52. The topological polar surface area (TPSA) is 49.9 Å². The first-order valence-electron chi connectivity index (χ1n) is 8.98. The highest BCUT2D eigenvalue weighted by atomic mass is 35.5. The highest BCUT2D eigenvalue weighted by Crippen LogP contribution is 2.19. The van der Waals surface area contributed by atoms with E-state index in [-0.39, 0.29) is 17.9 Å². The van der Waals surface area contributed by atoms with Gasteiger partial charge in [0.1, 0.15) is 6.10 Å². The van der Waals surface area contributed by atoms with Crippen molar-refractivity contribution in [2.45, 2.75) is 38.7 Å². The Bertz CT molecular complexity index is 636. The van der Waals surface area contributed by atoms with E-state index in [0.29, 0.717) is 45.6 Å². The second-order valence-electron chi connectivity index (χ2n) is 6.79. The smallest absolute Gasteiger partial charge is 0.251 e. The maximum absolute atomic E-state index is 12.4. The SMILES string of the molecule is Cc1ccc(CCC(=O)N2CCN(C(=O)[C@@H]3CCCO3)CC2)cc1Cl. The van der Waals surface area contributed by atoms with E-state index in [0.717, 1.165) is 29.0 Å². The van der Waals surface area contributed by atoms with Gasteiger partial charge in [-0.1, -0.05) is 23.7 Å². The summed E-state index contributed by atoms with van der Waals surface area (Å²) in [5, 5.41) is 0.742. The van der Waals surface area contributed by atoms with Crippen molar-refractivity contribution in [2.75, 3.05) is 32.8 Å². The minimum atomic E-state index is -0.270. The molecule has 2 heterocycles. The van der Waals surface area contributed by atoms with E-state index in [1.165, 1.54) is 0 Å². The largest absolute Gasteiger partial charge is 0.368 e. The molecular formula is C19H25ClN2O3. The second kappa shape index (κ2) is 8.19. The van der Waals surface area contributed by atoms with E-state index in [4.69, 9.17) is 16.3 Å². The molecule has 2 amide bonds. The van der Waals surface area contributed by atoms with E-state index in [1.807, 2.05) is 34.9 Å². The van der Waals surface area contributed by atoms with Crippen molar-refractivity contribution in [2.24, 2.45) is 0 Å². The first kappa shape index (κ1) is 18.2. The number of hydrogen-bond donors (Lipinski definition) is 0. The lowest BCUT2D eigenvalue weighted by Gasteiger charge is -2.35. The molecule has 2 saturated heterocycles. The van der Waals surface area contributed by atoms with Crippen molar-refractivity contribution in [3.8, 4) is 0 Å². The van der Waals surface area contributed by atoms with Gasteiger partial charge in [0, 0.05) is 44.2 Å². The Labute approximate surface area is 153 Å². The monoisotopic (exact) mass is 364 g/mol.